The number of carbonyl (C=O) groups excluding carboxylic acids is 1. The zero-order valence-electron chi connectivity index (χ0n) is 16.3. The number of rotatable bonds is 12. The van der Waals surface area contributed by atoms with Gasteiger partial charge in [0, 0.05) is 6.54 Å². The highest BCUT2D eigenvalue weighted by Gasteiger charge is 2.61. The molecule has 0 aromatic rings. The predicted molar refractivity (Wildman–Crippen MR) is 99.8 cm³/mol. The summed E-state index contributed by atoms with van der Waals surface area (Å²) in [6.07, 6.45) is 1.34. The summed E-state index contributed by atoms with van der Waals surface area (Å²) in [5.74, 6) is -1.08. The van der Waals surface area contributed by atoms with Gasteiger partial charge < -0.3 is 36.0 Å². The fourth-order valence-electron chi connectivity index (χ4n) is 3.50. The van der Waals surface area contributed by atoms with Crippen molar-refractivity contribution in [2.45, 2.75) is 107 Å². The lowest BCUT2D eigenvalue weighted by molar-refractivity contribution is -0.260. The Balaban J connectivity index is 2.26. The van der Waals surface area contributed by atoms with Crippen molar-refractivity contribution in [3.05, 3.63) is 0 Å². The van der Waals surface area contributed by atoms with E-state index in [1.807, 2.05) is 0 Å². The first-order valence-electron chi connectivity index (χ1n) is 10.2. The van der Waals surface area contributed by atoms with Crippen molar-refractivity contribution in [2.24, 2.45) is 0 Å². The van der Waals surface area contributed by atoms with Crippen LogP contribution in [0.25, 0.3) is 0 Å². The molecule has 8 heteroatoms. The van der Waals surface area contributed by atoms with Crippen molar-refractivity contribution >= 4 is 5.91 Å². The number of unbranched alkanes of at least 4 members (excludes halogenated alkanes) is 9. The van der Waals surface area contributed by atoms with Crippen molar-refractivity contribution in [3.8, 4) is 0 Å². The number of hydrogen-bond acceptors (Lipinski definition) is 7. The van der Waals surface area contributed by atoms with Gasteiger partial charge in [-0.1, -0.05) is 64.7 Å². The van der Waals surface area contributed by atoms with E-state index in [4.69, 9.17) is 0 Å². The van der Waals surface area contributed by atoms with Gasteiger partial charge in [0.1, 0.15) is 30.5 Å². The van der Waals surface area contributed by atoms with E-state index in [1.54, 1.807) is 0 Å². The summed E-state index contributed by atoms with van der Waals surface area (Å²) < 4.78 is 0. The largest absolute Gasteiger partial charge is 0.387 e. The molecule has 1 rings (SSSR count). The van der Waals surface area contributed by atoms with Gasteiger partial charge in [0.05, 0.1) is 0 Å². The summed E-state index contributed by atoms with van der Waals surface area (Å²) in [5, 5.41) is 61.4. The van der Waals surface area contributed by atoms with Crippen LogP contribution in [0.4, 0.5) is 0 Å². The van der Waals surface area contributed by atoms with Gasteiger partial charge in [-0.2, -0.15) is 0 Å². The first-order chi connectivity index (χ1) is 12.8. The zero-order valence-corrected chi connectivity index (χ0v) is 16.3. The molecular weight excluding hydrogens is 354 g/mol. The Labute approximate surface area is 161 Å². The number of hydrogen-bond donors (Lipinski definition) is 7. The smallest absolute Gasteiger partial charge is 0.257 e. The fourth-order valence-corrected chi connectivity index (χ4v) is 3.50. The third kappa shape index (κ3) is 6.37. The van der Waals surface area contributed by atoms with Gasteiger partial charge >= 0.3 is 0 Å². The molecule has 7 N–H and O–H groups in total. The molecule has 2 unspecified atom stereocenters. The third-order valence-electron chi connectivity index (χ3n) is 5.43. The molecule has 0 aromatic heterocycles. The van der Waals surface area contributed by atoms with Crippen molar-refractivity contribution in [3.63, 3.8) is 0 Å². The van der Waals surface area contributed by atoms with E-state index < -0.39 is 42.0 Å². The molecule has 8 nitrogen and oxygen atoms in total. The van der Waals surface area contributed by atoms with Gasteiger partial charge in [-0.25, -0.2) is 0 Å². The van der Waals surface area contributed by atoms with E-state index in [9.17, 15) is 35.4 Å². The summed E-state index contributed by atoms with van der Waals surface area (Å²) in [6.45, 7) is 2.44. The number of carbonyl (C=O) groups is 1. The first kappa shape index (κ1) is 24.3. The normalized spacial score (nSPS) is 33.8. The lowest BCUT2D eigenvalue weighted by Crippen LogP contribution is -2.75. The maximum absolute atomic E-state index is 12.2. The highest BCUT2D eigenvalue weighted by molar-refractivity contribution is 5.87. The van der Waals surface area contributed by atoms with E-state index in [-0.39, 0.29) is 6.54 Å². The Kier molecular flexibility index (Phi) is 10.7. The van der Waals surface area contributed by atoms with E-state index >= 15 is 0 Å². The summed E-state index contributed by atoms with van der Waals surface area (Å²) in [4.78, 5) is 12.2. The minimum Gasteiger partial charge on any atom is -0.387 e. The SMILES string of the molecule is CCCCCCCCCCCCNC(=O)C1(O)[C@H](O)[C@H](O)C(O)[C@H](O)[C@H]1O. The van der Waals surface area contributed by atoms with Crippen molar-refractivity contribution in [1.82, 2.24) is 5.32 Å². The molecule has 1 fully saturated rings. The second kappa shape index (κ2) is 11.9. The average Bonchev–Trinajstić information content (AvgIpc) is 2.67. The molecule has 0 bridgehead atoms. The number of aliphatic hydroxyl groups excluding tert-OH is 5. The van der Waals surface area contributed by atoms with Gasteiger partial charge in [0.25, 0.3) is 5.91 Å². The molecule has 1 aliphatic carbocycles. The lowest BCUT2D eigenvalue weighted by atomic mass is 9.74. The maximum Gasteiger partial charge on any atom is 0.257 e. The highest BCUT2D eigenvalue weighted by atomic mass is 16.4. The molecule has 0 aromatic carbocycles. The molecule has 1 saturated carbocycles. The predicted octanol–water partition coefficient (Wildman–Crippen LogP) is -0.427. The van der Waals surface area contributed by atoms with Crippen LogP contribution in [0.2, 0.25) is 0 Å². The van der Waals surface area contributed by atoms with Gasteiger partial charge in [0.15, 0.2) is 5.60 Å². The van der Waals surface area contributed by atoms with Crippen LogP contribution in [0.15, 0.2) is 0 Å². The number of nitrogens with one attached hydrogen (secondary N) is 1. The Morgan fingerprint density at radius 3 is 1.59 bits per heavy atom. The summed E-state index contributed by atoms with van der Waals surface area (Å²) in [5.41, 5.74) is -2.78. The van der Waals surface area contributed by atoms with Crippen LogP contribution in [0.3, 0.4) is 0 Å². The minimum atomic E-state index is -2.78. The highest BCUT2D eigenvalue weighted by Crippen LogP contribution is 2.30. The molecule has 0 heterocycles. The average molecular weight is 392 g/mol. The number of aliphatic hydroxyl groups is 6. The second-order valence-electron chi connectivity index (χ2n) is 7.62. The van der Waals surface area contributed by atoms with Crippen LogP contribution in [0, 0.1) is 0 Å². The summed E-state index contributed by atoms with van der Waals surface area (Å²) in [6, 6.07) is 0. The molecule has 0 saturated heterocycles. The van der Waals surface area contributed by atoms with Crippen LogP contribution in [-0.4, -0.2) is 79.2 Å². The fraction of sp³-hybridized carbons (Fsp3) is 0.947. The molecule has 160 valence electrons. The van der Waals surface area contributed by atoms with Crippen LogP contribution in [-0.2, 0) is 4.79 Å². The molecule has 6 atom stereocenters. The van der Waals surface area contributed by atoms with Crippen LogP contribution < -0.4 is 5.32 Å². The summed E-state index contributed by atoms with van der Waals surface area (Å²) >= 11 is 0. The molecule has 0 spiro atoms. The number of amides is 1. The van der Waals surface area contributed by atoms with E-state index in [0.29, 0.717) is 6.42 Å². The molecular formula is C19H37NO7. The first-order valence-corrected chi connectivity index (χ1v) is 10.2. The van der Waals surface area contributed by atoms with Crippen molar-refractivity contribution in [1.29, 1.82) is 0 Å². The lowest BCUT2D eigenvalue weighted by Gasteiger charge is -2.46. The van der Waals surface area contributed by atoms with E-state index in [0.717, 1.165) is 19.3 Å². The van der Waals surface area contributed by atoms with Gasteiger partial charge in [-0.3, -0.25) is 4.79 Å². The third-order valence-corrected chi connectivity index (χ3v) is 5.43. The maximum atomic E-state index is 12.2. The molecule has 0 aliphatic heterocycles. The van der Waals surface area contributed by atoms with Gasteiger partial charge in [-0.15, -0.1) is 0 Å². The van der Waals surface area contributed by atoms with Crippen LogP contribution >= 0.6 is 0 Å². The summed E-state index contributed by atoms with van der Waals surface area (Å²) in [7, 11) is 0. The molecule has 1 aliphatic rings. The standard InChI is InChI=1S/C19H37NO7/c1-2-3-4-5-6-7-8-9-10-11-12-20-18(26)19(27)16(24)14(22)13(21)15(23)17(19)25/h13-17,21-25,27H,2-12H2,1H3,(H,20,26)/t13?,14-,15+,16-,17-,19?/m1/s1. The Morgan fingerprint density at radius 1 is 0.741 bits per heavy atom. The van der Waals surface area contributed by atoms with E-state index in [2.05, 4.69) is 12.2 Å². The quantitative estimate of drug-likeness (QED) is 0.223. The molecule has 27 heavy (non-hydrogen) atoms. The minimum absolute atomic E-state index is 0.242. The van der Waals surface area contributed by atoms with E-state index in [1.165, 1.54) is 38.5 Å². The monoisotopic (exact) mass is 391 g/mol. The topological polar surface area (TPSA) is 150 Å². The Hall–Kier alpha value is -0.770. The van der Waals surface area contributed by atoms with Gasteiger partial charge in [0.2, 0.25) is 0 Å². The van der Waals surface area contributed by atoms with Crippen molar-refractivity contribution < 1.29 is 35.4 Å². The Bertz CT molecular complexity index is 418. The molecule has 0 radical (unpaired) electrons. The second-order valence-corrected chi connectivity index (χ2v) is 7.62. The van der Waals surface area contributed by atoms with Crippen LogP contribution in [0.1, 0.15) is 71.1 Å². The van der Waals surface area contributed by atoms with Crippen molar-refractivity contribution in [2.75, 3.05) is 6.54 Å². The Morgan fingerprint density at radius 2 is 1.15 bits per heavy atom. The van der Waals surface area contributed by atoms with Gasteiger partial charge in [-0.05, 0) is 6.42 Å². The van der Waals surface area contributed by atoms with Crippen LogP contribution in [0.5, 0.6) is 0 Å². The molecule has 1 amide bonds. The zero-order chi connectivity index (χ0) is 20.4.